The number of para-hydroxylation sites is 3. The van der Waals surface area contributed by atoms with Gasteiger partial charge in [0.2, 0.25) is 0 Å². The molecule has 5 rings (SSSR count). The summed E-state index contributed by atoms with van der Waals surface area (Å²) < 4.78 is 6.17. The van der Waals surface area contributed by atoms with Gasteiger partial charge < -0.3 is 4.74 Å². The predicted octanol–water partition coefficient (Wildman–Crippen LogP) is 6.63. The molecule has 0 N–H and O–H groups in total. The normalized spacial score (nSPS) is 13.6. The predicted molar refractivity (Wildman–Crippen MR) is 155 cm³/mol. The van der Waals surface area contributed by atoms with Crippen LogP contribution in [0.1, 0.15) is 22.3 Å². The molecule has 188 valence electrons. The van der Waals surface area contributed by atoms with E-state index < -0.39 is 11.8 Å². The molecular weight excluding hydrogens is 492 g/mol. The van der Waals surface area contributed by atoms with Gasteiger partial charge in [-0.2, -0.15) is 0 Å². The minimum absolute atomic E-state index is 0.00578. The minimum atomic E-state index is -0.484. The maximum absolute atomic E-state index is 13.8. The summed E-state index contributed by atoms with van der Waals surface area (Å²) in [7, 11) is 0. The highest BCUT2D eigenvalue weighted by Gasteiger charge is 2.41. The molecule has 2 amide bonds. The van der Waals surface area contributed by atoms with E-state index in [1.165, 1.54) is 9.80 Å². The van der Waals surface area contributed by atoms with Gasteiger partial charge in [0, 0.05) is 5.56 Å². The highest BCUT2D eigenvalue weighted by Crippen LogP contribution is 2.31. The second-order valence-corrected chi connectivity index (χ2v) is 9.48. The van der Waals surface area contributed by atoms with E-state index in [0.29, 0.717) is 29.3 Å². The minimum Gasteiger partial charge on any atom is -0.488 e. The first-order chi connectivity index (χ1) is 18.4. The molecule has 0 aromatic heterocycles. The SMILES string of the molecule is Cc1cc(C)cc(COc2ccccc2C=C2C(=O)N(c3ccccc3)C(=S)N(c3ccccc3)C2=O)c1. The van der Waals surface area contributed by atoms with Gasteiger partial charge in [-0.3, -0.25) is 19.4 Å². The van der Waals surface area contributed by atoms with Gasteiger partial charge in [-0.1, -0.05) is 83.9 Å². The fraction of sp³-hybridized carbons (Fsp3) is 0.0938. The standard InChI is InChI=1S/C32H26N2O3S/c1-22-17-23(2)19-24(18-22)21-37-29-16-10-9-11-25(29)20-28-30(35)33(26-12-5-3-6-13-26)32(38)34(31(28)36)27-14-7-4-8-15-27/h3-20H,21H2,1-2H3. The van der Waals surface area contributed by atoms with Crippen LogP contribution in [0.5, 0.6) is 5.75 Å². The van der Waals surface area contributed by atoms with Crippen LogP contribution in [0.3, 0.4) is 0 Å². The summed E-state index contributed by atoms with van der Waals surface area (Å²) in [6.07, 6.45) is 1.59. The number of ether oxygens (including phenoxy) is 1. The van der Waals surface area contributed by atoms with E-state index in [9.17, 15) is 9.59 Å². The summed E-state index contributed by atoms with van der Waals surface area (Å²) in [6.45, 7) is 4.47. The third-order valence-electron chi connectivity index (χ3n) is 6.17. The average molecular weight is 519 g/mol. The number of hydrogen-bond donors (Lipinski definition) is 0. The van der Waals surface area contributed by atoms with Crippen molar-refractivity contribution >= 4 is 46.6 Å². The maximum Gasteiger partial charge on any atom is 0.270 e. The number of hydrogen-bond acceptors (Lipinski definition) is 4. The number of rotatable bonds is 6. The quantitative estimate of drug-likeness (QED) is 0.163. The van der Waals surface area contributed by atoms with E-state index in [0.717, 1.165) is 16.7 Å². The third kappa shape index (κ3) is 5.12. The van der Waals surface area contributed by atoms with Crippen LogP contribution < -0.4 is 14.5 Å². The zero-order valence-electron chi connectivity index (χ0n) is 21.1. The Morgan fingerprint density at radius 1 is 0.711 bits per heavy atom. The van der Waals surface area contributed by atoms with Crippen LogP contribution in [0.4, 0.5) is 11.4 Å². The molecule has 1 saturated heterocycles. The van der Waals surface area contributed by atoms with Crippen LogP contribution >= 0.6 is 12.2 Å². The van der Waals surface area contributed by atoms with E-state index >= 15 is 0 Å². The summed E-state index contributed by atoms with van der Waals surface area (Å²) in [5.74, 6) is -0.393. The molecule has 1 aliphatic rings. The van der Waals surface area contributed by atoms with Gasteiger partial charge >= 0.3 is 0 Å². The van der Waals surface area contributed by atoms with E-state index in [1.807, 2.05) is 60.7 Å². The van der Waals surface area contributed by atoms with Gasteiger partial charge in [-0.15, -0.1) is 0 Å². The van der Waals surface area contributed by atoms with Crippen molar-refractivity contribution in [3.8, 4) is 5.75 Å². The lowest BCUT2D eigenvalue weighted by atomic mass is 10.0. The van der Waals surface area contributed by atoms with Gasteiger partial charge in [-0.05, 0) is 68.0 Å². The van der Waals surface area contributed by atoms with E-state index in [-0.39, 0.29) is 10.7 Å². The summed E-state index contributed by atoms with van der Waals surface area (Å²) >= 11 is 5.69. The molecule has 0 aliphatic carbocycles. The second-order valence-electron chi connectivity index (χ2n) is 9.12. The van der Waals surface area contributed by atoms with Crippen LogP contribution in [-0.2, 0) is 16.2 Å². The molecule has 38 heavy (non-hydrogen) atoms. The van der Waals surface area contributed by atoms with Gasteiger partial charge in [-0.25, -0.2) is 0 Å². The Labute approximate surface area is 227 Å². The van der Waals surface area contributed by atoms with Crippen molar-refractivity contribution in [3.63, 3.8) is 0 Å². The Kier molecular flexibility index (Phi) is 7.15. The molecular formula is C32H26N2O3S. The number of amides is 2. The fourth-order valence-corrected chi connectivity index (χ4v) is 4.92. The Balaban J connectivity index is 1.55. The zero-order valence-corrected chi connectivity index (χ0v) is 21.9. The molecule has 1 aliphatic heterocycles. The van der Waals surface area contributed by atoms with Crippen LogP contribution in [0.15, 0.2) is 109 Å². The molecule has 0 bridgehead atoms. The zero-order chi connectivity index (χ0) is 26.6. The molecule has 0 spiro atoms. The van der Waals surface area contributed by atoms with Crippen molar-refractivity contribution in [2.75, 3.05) is 9.80 Å². The molecule has 6 heteroatoms. The lowest BCUT2D eigenvalue weighted by molar-refractivity contribution is -0.120. The first kappa shape index (κ1) is 25.1. The Morgan fingerprint density at radius 3 is 1.76 bits per heavy atom. The summed E-state index contributed by atoms with van der Waals surface area (Å²) in [4.78, 5) is 30.3. The van der Waals surface area contributed by atoms with Gasteiger partial charge in [0.05, 0.1) is 11.4 Å². The van der Waals surface area contributed by atoms with Crippen molar-refractivity contribution in [2.45, 2.75) is 20.5 Å². The molecule has 0 saturated carbocycles. The molecule has 4 aromatic carbocycles. The summed E-state index contributed by atoms with van der Waals surface area (Å²) in [6, 6.07) is 31.9. The monoisotopic (exact) mass is 518 g/mol. The highest BCUT2D eigenvalue weighted by molar-refractivity contribution is 7.81. The van der Waals surface area contributed by atoms with E-state index in [4.69, 9.17) is 17.0 Å². The third-order valence-corrected chi connectivity index (χ3v) is 6.54. The van der Waals surface area contributed by atoms with E-state index in [1.54, 1.807) is 30.3 Å². The average Bonchev–Trinajstić information content (AvgIpc) is 2.91. The molecule has 4 aromatic rings. The van der Waals surface area contributed by atoms with Crippen LogP contribution in [-0.4, -0.2) is 16.9 Å². The fourth-order valence-electron chi connectivity index (χ4n) is 4.54. The number of carbonyl (C=O) groups is 2. The molecule has 1 heterocycles. The summed E-state index contributed by atoms with van der Waals surface area (Å²) in [5.41, 5.74) is 5.16. The highest BCUT2D eigenvalue weighted by atomic mass is 32.1. The second kappa shape index (κ2) is 10.8. The van der Waals surface area contributed by atoms with Crippen molar-refractivity contribution in [2.24, 2.45) is 0 Å². The Hall–Kier alpha value is -4.55. The number of aryl methyl sites for hydroxylation is 2. The Bertz CT molecular complexity index is 1460. The topological polar surface area (TPSA) is 49.9 Å². The molecule has 5 nitrogen and oxygen atoms in total. The number of carbonyl (C=O) groups excluding carboxylic acids is 2. The smallest absolute Gasteiger partial charge is 0.270 e. The van der Waals surface area contributed by atoms with Crippen molar-refractivity contribution < 1.29 is 14.3 Å². The lowest BCUT2D eigenvalue weighted by Gasteiger charge is -2.36. The van der Waals surface area contributed by atoms with Gasteiger partial charge in [0.1, 0.15) is 17.9 Å². The molecule has 0 radical (unpaired) electrons. The van der Waals surface area contributed by atoms with Crippen LogP contribution in [0.2, 0.25) is 0 Å². The van der Waals surface area contributed by atoms with Crippen molar-refractivity contribution in [1.82, 2.24) is 0 Å². The van der Waals surface area contributed by atoms with Gasteiger partial charge in [0.25, 0.3) is 11.8 Å². The van der Waals surface area contributed by atoms with E-state index in [2.05, 4.69) is 32.0 Å². The Morgan fingerprint density at radius 2 is 1.21 bits per heavy atom. The van der Waals surface area contributed by atoms with Crippen molar-refractivity contribution in [3.05, 3.63) is 131 Å². The number of thiocarbonyl (C=S) groups is 1. The largest absolute Gasteiger partial charge is 0.488 e. The molecule has 0 atom stereocenters. The summed E-state index contributed by atoms with van der Waals surface area (Å²) in [5, 5.41) is 0.105. The maximum atomic E-state index is 13.8. The number of anilines is 2. The van der Waals surface area contributed by atoms with Crippen molar-refractivity contribution in [1.29, 1.82) is 0 Å². The number of nitrogens with zero attached hydrogens (tertiary/aromatic N) is 2. The van der Waals surface area contributed by atoms with Crippen LogP contribution in [0, 0.1) is 13.8 Å². The molecule has 1 fully saturated rings. The molecule has 0 unspecified atom stereocenters. The first-order valence-corrected chi connectivity index (χ1v) is 12.7. The first-order valence-electron chi connectivity index (χ1n) is 12.3. The lowest BCUT2D eigenvalue weighted by Crippen LogP contribution is -2.56. The van der Waals surface area contributed by atoms with Gasteiger partial charge in [0.15, 0.2) is 5.11 Å². The van der Waals surface area contributed by atoms with Crippen LogP contribution in [0.25, 0.3) is 6.08 Å². The number of benzene rings is 4.